The average molecular weight is 357 g/mol. The summed E-state index contributed by atoms with van der Waals surface area (Å²) in [5, 5.41) is 4.32. The first kappa shape index (κ1) is 17.0. The second-order valence-electron chi connectivity index (χ2n) is 5.58. The topological polar surface area (TPSA) is 71.2 Å². The summed E-state index contributed by atoms with van der Waals surface area (Å²) in [6, 6.07) is 14.6. The lowest BCUT2D eigenvalue weighted by atomic mass is 10.1. The number of hydrogen-bond donors (Lipinski definition) is 2. The first-order chi connectivity index (χ1) is 12.1. The maximum absolute atomic E-state index is 11.8. The number of benzene rings is 2. The lowest BCUT2D eigenvalue weighted by Crippen LogP contribution is -2.21. The van der Waals surface area contributed by atoms with E-state index in [1.165, 1.54) is 0 Å². The Balaban J connectivity index is 1.44. The fraction of sp³-hybridized carbons (Fsp3) is 0.158. The molecule has 0 aliphatic heterocycles. The molecule has 3 aromatic rings. The third kappa shape index (κ3) is 4.61. The van der Waals surface area contributed by atoms with Crippen molar-refractivity contribution in [2.24, 2.45) is 0 Å². The maximum Gasteiger partial charge on any atom is 0.306 e. The number of nitrogens with one attached hydrogen (secondary N) is 2. The summed E-state index contributed by atoms with van der Waals surface area (Å²) in [5.74, 6) is -0.792. The summed E-state index contributed by atoms with van der Waals surface area (Å²) in [4.78, 5) is 26.8. The molecule has 1 amide bonds. The van der Waals surface area contributed by atoms with Crippen LogP contribution in [0, 0.1) is 0 Å². The minimum Gasteiger partial charge on any atom is -0.456 e. The van der Waals surface area contributed by atoms with Gasteiger partial charge in [0.15, 0.2) is 6.61 Å². The van der Waals surface area contributed by atoms with E-state index in [-0.39, 0.29) is 18.9 Å². The minimum atomic E-state index is -0.406. The Hall–Kier alpha value is -2.79. The van der Waals surface area contributed by atoms with Gasteiger partial charge in [0, 0.05) is 34.2 Å². The zero-order valence-corrected chi connectivity index (χ0v) is 14.2. The van der Waals surface area contributed by atoms with Crippen LogP contribution in [-0.2, 0) is 20.7 Å². The fourth-order valence-corrected chi connectivity index (χ4v) is 2.65. The van der Waals surface area contributed by atoms with Gasteiger partial charge in [0.05, 0.1) is 0 Å². The van der Waals surface area contributed by atoms with Crippen LogP contribution >= 0.6 is 11.6 Å². The summed E-state index contributed by atoms with van der Waals surface area (Å²) in [5.41, 5.74) is 2.69. The average Bonchev–Trinajstić information content (AvgIpc) is 3.03. The number of carbonyl (C=O) groups is 2. The van der Waals surface area contributed by atoms with E-state index >= 15 is 0 Å². The van der Waals surface area contributed by atoms with E-state index in [1.807, 2.05) is 30.5 Å². The molecule has 0 atom stereocenters. The fourth-order valence-electron chi connectivity index (χ4n) is 2.52. The van der Waals surface area contributed by atoms with Gasteiger partial charge in [0.25, 0.3) is 5.91 Å². The first-order valence-electron chi connectivity index (χ1n) is 7.88. The predicted octanol–water partition coefficient (Wildman–Crippen LogP) is 3.94. The van der Waals surface area contributed by atoms with Gasteiger partial charge in [0.1, 0.15) is 0 Å². The van der Waals surface area contributed by atoms with Crippen LogP contribution in [0.5, 0.6) is 0 Å². The maximum atomic E-state index is 11.8. The van der Waals surface area contributed by atoms with Crippen molar-refractivity contribution in [2.45, 2.75) is 12.8 Å². The van der Waals surface area contributed by atoms with Gasteiger partial charge in [-0.15, -0.1) is 0 Å². The molecule has 0 fully saturated rings. The summed E-state index contributed by atoms with van der Waals surface area (Å²) in [6.45, 7) is -0.310. The summed E-state index contributed by atoms with van der Waals surface area (Å²) in [7, 11) is 0. The highest BCUT2D eigenvalue weighted by molar-refractivity contribution is 6.30. The first-order valence-corrected chi connectivity index (χ1v) is 8.25. The van der Waals surface area contributed by atoms with Crippen molar-refractivity contribution in [3.63, 3.8) is 0 Å². The number of halogens is 1. The number of para-hydroxylation sites is 1. The number of amides is 1. The standard InChI is InChI=1S/C19H17ClN2O3/c20-14-6-8-15(9-7-14)22-18(23)12-25-19(24)10-5-13-11-21-17-4-2-1-3-16(13)17/h1-4,6-9,11,21H,5,10,12H2,(H,22,23). The van der Waals surface area contributed by atoms with Crippen LogP contribution in [0.1, 0.15) is 12.0 Å². The molecule has 3 rings (SSSR count). The number of aryl methyl sites for hydroxylation is 1. The highest BCUT2D eigenvalue weighted by atomic mass is 35.5. The number of fused-ring (bicyclic) bond motifs is 1. The molecule has 0 aliphatic rings. The molecule has 0 bridgehead atoms. The number of rotatable bonds is 6. The molecule has 5 nitrogen and oxygen atoms in total. The van der Waals surface area contributed by atoms with E-state index < -0.39 is 5.97 Å². The normalized spacial score (nSPS) is 10.6. The molecule has 128 valence electrons. The minimum absolute atomic E-state index is 0.218. The number of ether oxygens (including phenoxy) is 1. The van der Waals surface area contributed by atoms with Crippen LogP contribution in [0.2, 0.25) is 5.02 Å². The number of H-pyrrole nitrogens is 1. The molecular weight excluding hydrogens is 340 g/mol. The number of aromatic amines is 1. The molecule has 0 saturated heterocycles. The monoisotopic (exact) mass is 356 g/mol. The van der Waals surface area contributed by atoms with Gasteiger partial charge in [0.2, 0.25) is 0 Å². The number of hydrogen-bond acceptors (Lipinski definition) is 3. The van der Waals surface area contributed by atoms with Crippen molar-refractivity contribution >= 4 is 40.1 Å². The van der Waals surface area contributed by atoms with Crippen molar-refractivity contribution in [1.29, 1.82) is 0 Å². The number of esters is 1. The van der Waals surface area contributed by atoms with Crippen molar-refractivity contribution in [3.8, 4) is 0 Å². The smallest absolute Gasteiger partial charge is 0.306 e. The molecule has 1 aromatic heterocycles. The molecule has 25 heavy (non-hydrogen) atoms. The number of aromatic nitrogens is 1. The summed E-state index contributed by atoms with van der Waals surface area (Å²) < 4.78 is 5.02. The molecule has 2 aromatic carbocycles. The molecule has 1 heterocycles. The Morgan fingerprint density at radius 2 is 1.84 bits per heavy atom. The number of carbonyl (C=O) groups excluding carboxylic acids is 2. The Morgan fingerprint density at radius 1 is 1.08 bits per heavy atom. The predicted molar refractivity (Wildman–Crippen MR) is 97.7 cm³/mol. The summed E-state index contributed by atoms with van der Waals surface area (Å²) >= 11 is 5.78. The largest absolute Gasteiger partial charge is 0.456 e. The van der Waals surface area contributed by atoms with Gasteiger partial charge in [-0.1, -0.05) is 29.8 Å². The van der Waals surface area contributed by atoms with Gasteiger partial charge in [-0.05, 0) is 42.3 Å². The molecule has 2 N–H and O–H groups in total. The third-order valence-electron chi connectivity index (χ3n) is 3.77. The van der Waals surface area contributed by atoms with E-state index in [1.54, 1.807) is 24.3 Å². The van der Waals surface area contributed by atoms with Crippen LogP contribution in [0.3, 0.4) is 0 Å². The quantitative estimate of drug-likeness (QED) is 0.657. The lowest BCUT2D eigenvalue weighted by molar-refractivity contribution is -0.147. The Labute approximate surface area is 149 Å². The molecule has 0 spiro atoms. The molecule has 0 radical (unpaired) electrons. The van der Waals surface area contributed by atoms with Gasteiger partial charge in [-0.25, -0.2) is 0 Å². The molecule has 0 aliphatic carbocycles. The van der Waals surface area contributed by atoms with Crippen molar-refractivity contribution < 1.29 is 14.3 Å². The van der Waals surface area contributed by atoms with E-state index in [0.717, 1.165) is 16.5 Å². The van der Waals surface area contributed by atoms with Crippen molar-refractivity contribution in [3.05, 3.63) is 65.3 Å². The van der Waals surface area contributed by atoms with Gasteiger partial charge < -0.3 is 15.0 Å². The van der Waals surface area contributed by atoms with Crippen molar-refractivity contribution in [2.75, 3.05) is 11.9 Å². The molecule has 0 saturated carbocycles. The van der Waals surface area contributed by atoms with E-state index in [4.69, 9.17) is 16.3 Å². The highest BCUT2D eigenvalue weighted by Gasteiger charge is 2.10. The van der Waals surface area contributed by atoms with Crippen LogP contribution in [-0.4, -0.2) is 23.5 Å². The van der Waals surface area contributed by atoms with Crippen LogP contribution in [0.25, 0.3) is 10.9 Å². The molecule has 6 heteroatoms. The third-order valence-corrected chi connectivity index (χ3v) is 4.02. The number of anilines is 1. The molecular formula is C19H17ClN2O3. The van der Waals surface area contributed by atoms with Gasteiger partial charge >= 0.3 is 5.97 Å². The zero-order chi connectivity index (χ0) is 17.6. The van der Waals surface area contributed by atoms with E-state index in [9.17, 15) is 9.59 Å². The van der Waals surface area contributed by atoms with Gasteiger partial charge in [-0.3, -0.25) is 9.59 Å². The highest BCUT2D eigenvalue weighted by Crippen LogP contribution is 2.19. The zero-order valence-electron chi connectivity index (χ0n) is 13.4. The van der Waals surface area contributed by atoms with Crippen LogP contribution in [0.4, 0.5) is 5.69 Å². The lowest BCUT2D eigenvalue weighted by Gasteiger charge is -2.06. The Morgan fingerprint density at radius 3 is 2.64 bits per heavy atom. The molecule has 0 unspecified atom stereocenters. The Bertz CT molecular complexity index is 887. The van der Waals surface area contributed by atoms with E-state index in [2.05, 4.69) is 10.3 Å². The van der Waals surface area contributed by atoms with Gasteiger partial charge in [-0.2, -0.15) is 0 Å². The second kappa shape index (κ2) is 7.85. The van der Waals surface area contributed by atoms with Crippen LogP contribution < -0.4 is 5.32 Å². The van der Waals surface area contributed by atoms with E-state index in [0.29, 0.717) is 17.1 Å². The van der Waals surface area contributed by atoms with Crippen molar-refractivity contribution in [1.82, 2.24) is 4.98 Å². The summed E-state index contributed by atoms with van der Waals surface area (Å²) in [6.07, 6.45) is 2.67. The Kier molecular flexibility index (Phi) is 5.36. The van der Waals surface area contributed by atoms with Crippen LogP contribution in [0.15, 0.2) is 54.7 Å². The SMILES string of the molecule is O=C(COC(=O)CCc1c[nH]c2ccccc12)Nc1ccc(Cl)cc1. The second-order valence-corrected chi connectivity index (χ2v) is 6.01.